The summed E-state index contributed by atoms with van der Waals surface area (Å²) in [5, 5.41) is 0. The van der Waals surface area contributed by atoms with Gasteiger partial charge in [-0.3, -0.25) is 14.3 Å². The van der Waals surface area contributed by atoms with Gasteiger partial charge in [0.15, 0.2) is 0 Å². The maximum atomic E-state index is 13.1. The number of likely N-dealkylation sites (tertiary alicyclic amines) is 2. The average Bonchev–Trinajstić information content (AvgIpc) is 3.14. The first-order valence-corrected chi connectivity index (χ1v) is 13.3. The molecule has 2 aliphatic heterocycles. The van der Waals surface area contributed by atoms with E-state index in [0.717, 1.165) is 25.9 Å². The predicted octanol–water partition coefficient (Wildman–Crippen LogP) is 3.88. The topological polar surface area (TPSA) is 86.8 Å². The summed E-state index contributed by atoms with van der Waals surface area (Å²) in [6.07, 6.45) is 5.68. The number of nitrogens with one attached hydrogen (secondary N) is 1. The molecule has 0 aromatic heterocycles. The molecule has 0 aliphatic carbocycles. The van der Waals surface area contributed by atoms with E-state index in [4.69, 9.17) is 0 Å². The molecule has 34 heavy (non-hydrogen) atoms. The van der Waals surface area contributed by atoms with Crippen molar-refractivity contribution in [3.05, 3.63) is 59.9 Å². The number of hydrogen-bond acceptors (Lipinski definition) is 4. The van der Waals surface area contributed by atoms with Crippen LogP contribution >= 0.6 is 0 Å². The number of rotatable bonds is 5. The van der Waals surface area contributed by atoms with Crippen molar-refractivity contribution in [2.45, 2.75) is 43.4 Å². The van der Waals surface area contributed by atoms with Gasteiger partial charge in [0.25, 0.3) is 15.9 Å². The Morgan fingerprint density at radius 2 is 1.50 bits per heavy atom. The van der Waals surface area contributed by atoms with E-state index in [0.29, 0.717) is 25.9 Å². The fourth-order valence-electron chi connectivity index (χ4n) is 4.59. The monoisotopic (exact) mass is 487 g/mol. The highest BCUT2D eigenvalue weighted by molar-refractivity contribution is 7.92. The van der Waals surface area contributed by atoms with E-state index < -0.39 is 15.8 Å². The van der Waals surface area contributed by atoms with Crippen LogP contribution in [0.4, 0.5) is 10.1 Å². The lowest BCUT2D eigenvalue weighted by molar-refractivity contribution is -0.136. The quantitative estimate of drug-likeness (QED) is 0.694. The van der Waals surface area contributed by atoms with Gasteiger partial charge in [-0.2, -0.15) is 0 Å². The van der Waals surface area contributed by atoms with E-state index in [-0.39, 0.29) is 33.9 Å². The van der Waals surface area contributed by atoms with Crippen LogP contribution < -0.4 is 4.72 Å². The minimum atomic E-state index is -3.94. The third kappa shape index (κ3) is 5.75. The molecule has 2 saturated heterocycles. The van der Waals surface area contributed by atoms with Crippen molar-refractivity contribution in [2.75, 3.05) is 30.9 Å². The molecule has 1 N–H and O–H groups in total. The normalized spacial score (nSPS) is 17.8. The summed E-state index contributed by atoms with van der Waals surface area (Å²) in [5.41, 5.74) is 0.508. The Kier molecular flexibility index (Phi) is 7.50. The summed E-state index contributed by atoms with van der Waals surface area (Å²) in [7, 11) is -3.94. The Bertz CT molecular complexity index is 1120. The Balaban J connectivity index is 1.38. The third-order valence-corrected chi connectivity index (χ3v) is 7.92. The number of nitrogens with zero attached hydrogens (tertiary/aromatic N) is 2. The van der Waals surface area contributed by atoms with Crippen LogP contribution in [0.3, 0.4) is 0 Å². The van der Waals surface area contributed by atoms with Gasteiger partial charge >= 0.3 is 0 Å². The highest BCUT2D eigenvalue weighted by atomic mass is 32.2. The standard InChI is InChI=1S/C25H30FN3O4S/c26-21-8-10-22(11-9-21)27-34(32,33)23-7-5-6-20(18-23)25(31)29-16-12-19(13-17-29)24(30)28-14-3-1-2-4-15-28/h5-11,18-19,27H,1-4,12-17H2. The van der Waals surface area contributed by atoms with Crippen molar-refractivity contribution in [3.8, 4) is 0 Å². The van der Waals surface area contributed by atoms with Crippen LogP contribution in [0.25, 0.3) is 0 Å². The molecule has 0 atom stereocenters. The molecular formula is C25H30FN3O4S. The number of amides is 2. The number of piperidine rings is 1. The molecule has 182 valence electrons. The van der Waals surface area contributed by atoms with Gasteiger partial charge in [0, 0.05) is 43.3 Å². The first kappa shape index (κ1) is 24.2. The Hall–Kier alpha value is -2.94. The molecule has 4 rings (SSSR count). The molecular weight excluding hydrogens is 457 g/mol. The van der Waals surface area contributed by atoms with E-state index in [2.05, 4.69) is 4.72 Å². The van der Waals surface area contributed by atoms with Gasteiger partial charge in [-0.1, -0.05) is 18.9 Å². The van der Waals surface area contributed by atoms with Gasteiger partial charge in [-0.15, -0.1) is 0 Å². The molecule has 7 nitrogen and oxygen atoms in total. The van der Waals surface area contributed by atoms with Crippen LogP contribution in [-0.4, -0.2) is 56.2 Å². The number of anilines is 1. The van der Waals surface area contributed by atoms with Crippen LogP contribution in [-0.2, 0) is 14.8 Å². The van der Waals surface area contributed by atoms with E-state index >= 15 is 0 Å². The van der Waals surface area contributed by atoms with Gasteiger partial charge in [0.05, 0.1) is 4.90 Å². The lowest BCUT2D eigenvalue weighted by Gasteiger charge is -2.34. The second-order valence-electron chi connectivity index (χ2n) is 8.95. The van der Waals surface area contributed by atoms with Crippen LogP contribution in [0.5, 0.6) is 0 Å². The number of hydrogen-bond donors (Lipinski definition) is 1. The fraction of sp³-hybridized carbons (Fsp3) is 0.440. The maximum Gasteiger partial charge on any atom is 0.261 e. The van der Waals surface area contributed by atoms with E-state index in [1.165, 1.54) is 55.3 Å². The molecule has 2 amide bonds. The summed E-state index contributed by atoms with van der Waals surface area (Å²) < 4.78 is 41.0. The van der Waals surface area contributed by atoms with Crippen LogP contribution in [0.15, 0.2) is 53.4 Å². The van der Waals surface area contributed by atoms with Crippen molar-refractivity contribution in [1.82, 2.24) is 9.80 Å². The predicted molar refractivity (Wildman–Crippen MR) is 127 cm³/mol. The van der Waals surface area contributed by atoms with Crippen LogP contribution in [0.1, 0.15) is 48.9 Å². The van der Waals surface area contributed by atoms with E-state index in [9.17, 15) is 22.4 Å². The van der Waals surface area contributed by atoms with Gasteiger partial charge in [-0.25, -0.2) is 12.8 Å². The zero-order valence-electron chi connectivity index (χ0n) is 19.1. The van der Waals surface area contributed by atoms with E-state index in [1.54, 1.807) is 11.0 Å². The van der Waals surface area contributed by atoms with Gasteiger partial charge in [0.2, 0.25) is 5.91 Å². The third-order valence-electron chi connectivity index (χ3n) is 6.54. The van der Waals surface area contributed by atoms with Gasteiger partial charge in [-0.05, 0) is 68.1 Å². The number of halogens is 1. The zero-order chi connectivity index (χ0) is 24.1. The number of carbonyl (C=O) groups is 2. The molecule has 2 aromatic carbocycles. The van der Waals surface area contributed by atoms with Crippen molar-refractivity contribution in [1.29, 1.82) is 0 Å². The lowest BCUT2D eigenvalue weighted by atomic mass is 9.94. The largest absolute Gasteiger partial charge is 0.342 e. The smallest absolute Gasteiger partial charge is 0.261 e. The molecule has 0 radical (unpaired) electrons. The first-order valence-electron chi connectivity index (χ1n) is 11.8. The highest BCUT2D eigenvalue weighted by Gasteiger charge is 2.31. The molecule has 0 bridgehead atoms. The van der Waals surface area contributed by atoms with Crippen molar-refractivity contribution in [2.24, 2.45) is 5.92 Å². The van der Waals surface area contributed by atoms with Gasteiger partial charge < -0.3 is 9.80 Å². The van der Waals surface area contributed by atoms with Crippen molar-refractivity contribution >= 4 is 27.5 Å². The van der Waals surface area contributed by atoms with E-state index in [1.807, 2.05) is 4.90 Å². The molecule has 0 unspecified atom stereocenters. The lowest BCUT2D eigenvalue weighted by Crippen LogP contribution is -2.44. The van der Waals surface area contributed by atoms with Crippen LogP contribution in [0.2, 0.25) is 0 Å². The Morgan fingerprint density at radius 1 is 0.853 bits per heavy atom. The Labute approximate surface area is 200 Å². The highest BCUT2D eigenvalue weighted by Crippen LogP contribution is 2.24. The molecule has 9 heteroatoms. The minimum absolute atomic E-state index is 0.0473. The second kappa shape index (κ2) is 10.5. The molecule has 0 saturated carbocycles. The summed E-state index contributed by atoms with van der Waals surface area (Å²) in [4.78, 5) is 29.6. The average molecular weight is 488 g/mol. The SMILES string of the molecule is O=C(c1cccc(S(=O)(=O)Nc2ccc(F)cc2)c1)N1CCC(C(=O)N2CCCCCC2)CC1. The number of sulfonamides is 1. The molecule has 2 heterocycles. The van der Waals surface area contributed by atoms with Crippen molar-refractivity contribution < 1.29 is 22.4 Å². The van der Waals surface area contributed by atoms with Crippen molar-refractivity contribution in [3.63, 3.8) is 0 Å². The Morgan fingerprint density at radius 3 is 2.15 bits per heavy atom. The zero-order valence-corrected chi connectivity index (χ0v) is 19.9. The number of benzene rings is 2. The summed E-state index contributed by atoms with van der Waals surface area (Å²) in [6, 6.07) is 10.9. The molecule has 2 fully saturated rings. The second-order valence-corrected chi connectivity index (χ2v) is 10.6. The summed E-state index contributed by atoms with van der Waals surface area (Å²) in [5.74, 6) is -0.574. The van der Waals surface area contributed by atoms with Crippen LogP contribution in [0, 0.1) is 11.7 Å². The number of carbonyl (C=O) groups excluding carboxylic acids is 2. The molecule has 0 spiro atoms. The fourth-order valence-corrected chi connectivity index (χ4v) is 5.69. The summed E-state index contributed by atoms with van der Waals surface area (Å²) >= 11 is 0. The minimum Gasteiger partial charge on any atom is -0.342 e. The molecule has 2 aromatic rings. The summed E-state index contributed by atoms with van der Waals surface area (Å²) in [6.45, 7) is 2.58. The van der Waals surface area contributed by atoms with Gasteiger partial charge in [0.1, 0.15) is 5.82 Å². The first-order chi connectivity index (χ1) is 16.3. The maximum absolute atomic E-state index is 13.1. The molecule has 2 aliphatic rings.